The van der Waals surface area contributed by atoms with Crippen LogP contribution in [0.4, 0.5) is 0 Å². The van der Waals surface area contributed by atoms with Gasteiger partial charge in [-0.2, -0.15) is 0 Å². The Labute approximate surface area is 95.2 Å². The van der Waals surface area contributed by atoms with Crippen LogP contribution in [0.3, 0.4) is 0 Å². The highest BCUT2D eigenvalue weighted by Gasteiger charge is 2.21. The Balaban J connectivity index is 2.11. The molecule has 0 unspecified atom stereocenters. The van der Waals surface area contributed by atoms with E-state index in [0.29, 0.717) is 0 Å². The second kappa shape index (κ2) is 4.21. The van der Waals surface area contributed by atoms with Gasteiger partial charge >= 0.3 is 0 Å². The predicted octanol–water partition coefficient (Wildman–Crippen LogP) is 3.10. The summed E-state index contributed by atoms with van der Waals surface area (Å²) in [5.74, 6) is 0. The molecule has 1 aliphatic rings. The first-order chi connectivity index (χ1) is 7.18. The van der Waals surface area contributed by atoms with Crippen molar-refractivity contribution < 1.29 is 0 Å². The van der Waals surface area contributed by atoms with Gasteiger partial charge in [0.05, 0.1) is 0 Å². The monoisotopic (exact) mass is 219 g/mol. The minimum absolute atomic E-state index is 0.234. The summed E-state index contributed by atoms with van der Waals surface area (Å²) in [5, 5.41) is 0.768. The van der Waals surface area contributed by atoms with Gasteiger partial charge in [-0.1, -0.05) is 48.0 Å². The number of hydrogen-bond acceptors (Lipinski definition) is 1. The molecular weight excluding hydrogens is 206 g/mol. The summed E-state index contributed by atoms with van der Waals surface area (Å²) in [4.78, 5) is 0. The summed E-state index contributed by atoms with van der Waals surface area (Å²) in [5.41, 5.74) is 7.25. The molecule has 0 bridgehead atoms. The topological polar surface area (TPSA) is 26.0 Å². The number of halogens is 1. The third-order valence-electron chi connectivity index (χ3n) is 2.62. The quantitative estimate of drug-likeness (QED) is 0.813. The van der Waals surface area contributed by atoms with Gasteiger partial charge in [-0.25, -0.2) is 0 Å². The number of benzene rings is 1. The fourth-order valence-electron chi connectivity index (χ4n) is 1.79. The van der Waals surface area contributed by atoms with Gasteiger partial charge in [-0.3, -0.25) is 0 Å². The smallest absolute Gasteiger partial charge is 0.0418 e. The van der Waals surface area contributed by atoms with Crippen LogP contribution >= 0.6 is 11.6 Å². The Kier molecular flexibility index (Phi) is 2.94. The van der Waals surface area contributed by atoms with Crippen LogP contribution in [0.5, 0.6) is 0 Å². The van der Waals surface area contributed by atoms with Crippen LogP contribution < -0.4 is 5.73 Å². The summed E-state index contributed by atoms with van der Waals surface area (Å²) < 4.78 is 0. The lowest BCUT2D eigenvalue weighted by Crippen LogP contribution is -2.40. The maximum absolute atomic E-state index is 6.26. The zero-order valence-corrected chi connectivity index (χ0v) is 9.24. The van der Waals surface area contributed by atoms with Gasteiger partial charge < -0.3 is 5.73 Å². The van der Waals surface area contributed by atoms with Crippen molar-refractivity contribution >= 4 is 11.6 Å². The molecule has 2 heteroatoms. The van der Waals surface area contributed by atoms with Crippen molar-refractivity contribution in [2.45, 2.75) is 18.4 Å². The minimum Gasteiger partial charge on any atom is -0.321 e. The van der Waals surface area contributed by atoms with Crippen molar-refractivity contribution in [1.82, 2.24) is 0 Å². The van der Waals surface area contributed by atoms with Gasteiger partial charge in [0.2, 0.25) is 0 Å². The molecule has 0 aromatic heterocycles. The molecule has 1 atom stereocenters. The Hall–Kier alpha value is -1.05. The van der Waals surface area contributed by atoms with Gasteiger partial charge in [0.15, 0.2) is 0 Å². The lowest BCUT2D eigenvalue weighted by atomic mass is 9.86. The fourth-order valence-corrected chi connectivity index (χ4v) is 1.92. The van der Waals surface area contributed by atoms with Crippen LogP contribution in [-0.4, -0.2) is 5.54 Å². The van der Waals surface area contributed by atoms with Crippen LogP contribution in [0.15, 0.2) is 48.6 Å². The van der Waals surface area contributed by atoms with E-state index in [1.165, 1.54) is 5.56 Å². The molecule has 0 saturated carbocycles. The van der Waals surface area contributed by atoms with Crippen molar-refractivity contribution in [2.75, 3.05) is 0 Å². The minimum atomic E-state index is -0.234. The molecule has 78 valence electrons. The highest BCUT2D eigenvalue weighted by molar-refractivity contribution is 6.30. The van der Waals surface area contributed by atoms with Crippen LogP contribution in [0.25, 0.3) is 0 Å². The zero-order chi connectivity index (χ0) is 10.7. The van der Waals surface area contributed by atoms with Crippen molar-refractivity contribution in [2.24, 2.45) is 5.73 Å². The molecule has 0 radical (unpaired) electrons. The molecular formula is C13H14ClN. The molecule has 0 heterocycles. The van der Waals surface area contributed by atoms with Gasteiger partial charge in [0.1, 0.15) is 0 Å². The van der Waals surface area contributed by atoms with Crippen LogP contribution in [0, 0.1) is 0 Å². The van der Waals surface area contributed by atoms with Crippen molar-refractivity contribution in [3.8, 4) is 0 Å². The van der Waals surface area contributed by atoms with Crippen LogP contribution in [0.2, 0.25) is 5.02 Å². The summed E-state index contributed by atoms with van der Waals surface area (Å²) in [7, 11) is 0. The summed E-state index contributed by atoms with van der Waals surface area (Å²) in [6, 6.07) is 7.87. The zero-order valence-electron chi connectivity index (χ0n) is 8.49. The molecule has 2 rings (SSSR count). The average Bonchev–Trinajstić information content (AvgIpc) is 2.22. The molecule has 15 heavy (non-hydrogen) atoms. The highest BCUT2D eigenvalue weighted by atomic mass is 35.5. The first-order valence-electron chi connectivity index (χ1n) is 5.06. The van der Waals surface area contributed by atoms with E-state index in [1.807, 2.05) is 36.4 Å². The lowest BCUT2D eigenvalue weighted by Gasteiger charge is -2.26. The molecule has 2 N–H and O–H groups in total. The van der Waals surface area contributed by atoms with E-state index in [4.69, 9.17) is 17.3 Å². The number of hydrogen-bond donors (Lipinski definition) is 1. The van der Waals surface area contributed by atoms with Crippen LogP contribution in [0.1, 0.15) is 12.0 Å². The van der Waals surface area contributed by atoms with E-state index < -0.39 is 0 Å². The highest BCUT2D eigenvalue weighted by Crippen LogP contribution is 2.21. The number of allylic oxidation sites excluding steroid dienone is 2. The fraction of sp³-hybridized carbons (Fsp3) is 0.231. The third kappa shape index (κ3) is 2.71. The van der Waals surface area contributed by atoms with Crippen LogP contribution in [-0.2, 0) is 6.42 Å². The van der Waals surface area contributed by atoms with E-state index in [0.717, 1.165) is 17.9 Å². The second-order valence-corrected chi connectivity index (χ2v) is 4.46. The van der Waals surface area contributed by atoms with E-state index in [9.17, 15) is 0 Å². The van der Waals surface area contributed by atoms with E-state index in [2.05, 4.69) is 12.2 Å². The molecule has 1 aliphatic carbocycles. The van der Waals surface area contributed by atoms with Gasteiger partial charge in [-0.15, -0.1) is 0 Å². The van der Waals surface area contributed by atoms with Gasteiger partial charge in [0.25, 0.3) is 0 Å². The molecule has 1 nitrogen and oxygen atoms in total. The molecule has 0 fully saturated rings. The first kappa shape index (κ1) is 10.5. The molecule has 0 saturated heterocycles. The average molecular weight is 220 g/mol. The second-order valence-electron chi connectivity index (χ2n) is 4.03. The standard InChI is InChI=1S/C13H14ClN/c14-12-6-4-11(5-7-12)10-13(15)8-2-1-3-9-13/h1-8H,9-10,15H2/t13-/m1/s1. The van der Waals surface area contributed by atoms with E-state index >= 15 is 0 Å². The largest absolute Gasteiger partial charge is 0.321 e. The Bertz CT molecular complexity index is 392. The van der Waals surface area contributed by atoms with Crippen molar-refractivity contribution in [3.63, 3.8) is 0 Å². The Morgan fingerprint density at radius 3 is 2.53 bits per heavy atom. The Morgan fingerprint density at radius 2 is 1.93 bits per heavy atom. The normalized spacial score (nSPS) is 24.4. The summed E-state index contributed by atoms with van der Waals surface area (Å²) in [6.45, 7) is 0. The molecule has 0 spiro atoms. The van der Waals surface area contributed by atoms with Crippen molar-refractivity contribution in [1.29, 1.82) is 0 Å². The summed E-state index contributed by atoms with van der Waals surface area (Å²) >= 11 is 5.83. The third-order valence-corrected chi connectivity index (χ3v) is 2.87. The summed E-state index contributed by atoms with van der Waals surface area (Å²) in [6.07, 6.45) is 9.97. The first-order valence-corrected chi connectivity index (χ1v) is 5.43. The van der Waals surface area contributed by atoms with E-state index in [-0.39, 0.29) is 5.54 Å². The predicted molar refractivity (Wildman–Crippen MR) is 65.0 cm³/mol. The number of rotatable bonds is 2. The molecule has 1 aromatic carbocycles. The maximum Gasteiger partial charge on any atom is 0.0418 e. The van der Waals surface area contributed by atoms with E-state index in [1.54, 1.807) is 0 Å². The molecule has 1 aromatic rings. The SMILES string of the molecule is N[C@]1(Cc2ccc(Cl)cc2)C=CC=CC1. The van der Waals surface area contributed by atoms with Crippen molar-refractivity contribution in [3.05, 3.63) is 59.2 Å². The maximum atomic E-state index is 6.26. The van der Waals surface area contributed by atoms with Gasteiger partial charge in [-0.05, 0) is 30.5 Å². The lowest BCUT2D eigenvalue weighted by molar-refractivity contribution is 0.528. The Morgan fingerprint density at radius 1 is 1.20 bits per heavy atom. The number of nitrogens with two attached hydrogens (primary N) is 1. The molecule has 0 amide bonds. The molecule has 0 aliphatic heterocycles. The van der Waals surface area contributed by atoms with Gasteiger partial charge in [0, 0.05) is 10.6 Å².